The van der Waals surface area contributed by atoms with Crippen LogP contribution in [0.5, 0.6) is 23.0 Å². The molecule has 9 rings (SSSR count). The standard InChI is InChI=1S/C38H31BN4O4/c1-37(2)20-44-35(42-37)26-12-24(16-40-18-26)22-8-10-30-28(14-22)39-29-15-23(9-11-31(29)47-33-7-5-6-32(46-30)34(33)39)25-13-27(19-41-17-25)36-43-38(3,4)21-45-36/h5-19H,20-21H2,1-4H3. The van der Waals surface area contributed by atoms with Gasteiger partial charge in [0.05, 0.1) is 22.2 Å². The number of benzene rings is 3. The Hall–Kier alpha value is -5.44. The van der Waals surface area contributed by atoms with E-state index in [2.05, 4.69) is 86.2 Å². The molecular weight excluding hydrogens is 587 g/mol. The molecular formula is C38H31BN4O4. The second-order valence-corrected chi connectivity index (χ2v) is 13.8. The maximum Gasteiger partial charge on any atom is 0.260 e. The van der Waals surface area contributed by atoms with Crippen LogP contribution in [-0.4, -0.2) is 52.8 Å². The van der Waals surface area contributed by atoms with Crippen LogP contribution in [0.1, 0.15) is 38.8 Å². The lowest BCUT2D eigenvalue weighted by molar-refractivity contribution is 0.279. The van der Waals surface area contributed by atoms with Crippen LogP contribution in [0.25, 0.3) is 22.3 Å². The average molecular weight is 619 g/mol. The van der Waals surface area contributed by atoms with Gasteiger partial charge in [0.15, 0.2) is 0 Å². The number of aromatic nitrogens is 2. The lowest BCUT2D eigenvalue weighted by atomic mass is 9.34. The quantitative estimate of drug-likeness (QED) is 0.237. The molecule has 2 aromatic heterocycles. The van der Waals surface area contributed by atoms with Gasteiger partial charge in [0, 0.05) is 41.4 Å². The van der Waals surface area contributed by atoms with E-state index in [0.717, 1.165) is 72.8 Å². The van der Waals surface area contributed by atoms with E-state index in [1.165, 1.54) is 0 Å². The first-order valence-corrected chi connectivity index (χ1v) is 15.8. The summed E-state index contributed by atoms with van der Waals surface area (Å²) in [5, 5.41) is 0. The molecule has 0 fully saturated rings. The zero-order chi connectivity index (χ0) is 31.9. The van der Waals surface area contributed by atoms with Crippen molar-refractivity contribution in [3.05, 3.63) is 103 Å². The molecule has 0 N–H and O–H groups in total. The number of ether oxygens (including phenoxy) is 4. The first-order valence-electron chi connectivity index (χ1n) is 15.8. The molecule has 0 atom stereocenters. The van der Waals surface area contributed by atoms with Crippen LogP contribution < -0.4 is 25.9 Å². The molecule has 0 bridgehead atoms. The van der Waals surface area contributed by atoms with Crippen molar-refractivity contribution in [2.75, 3.05) is 13.2 Å². The largest absolute Gasteiger partial charge is 0.475 e. The average Bonchev–Trinajstić information content (AvgIpc) is 3.64. The predicted molar refractivity (Wildman–Crippen MR) is 184 cm³/mol. The Morgan fingerprint density at radius 1 is 0.532 bits per heavy atom. The number of hydrogen-bond acceptors (Lipinski definition) is 8. The highest BCUT2D eigenvalue weighted by Gasteiger charge is 2.40. The van der Waals surface area contributed by atoms with Gasteiger partial charge in [-0.2, -0.15) is 0 Å². The fourth-order valence-electron chi connectivity index (χ4n) is 6.69. The Balaban J connectivity index is 1.15. The Morgan fingerprint density at radius 2 is 1.00 bits per heavy atom. The summed E-state index contributed by atoms with van der Waals surface area (Å²) < 4.78 is 24.8. The van der Waals surface area contributed by atoms with Gasteiger partial charge in [0.1, 0.15) is 36.2 Å². The van der Waals surface area contributed by atoms with E-state index in [1.807, 2.05) is 30.6 Å². The van der Waals surface area contributed by atoms with Crippen molar-refractivity contribution in [1.29, 1.82) is 0 Å². The van der Waals surface area contributed by atoms with Crippen LogP contribution in [0.2, 0.25) is 0 Å². The predicted octanol–water partition coefficient (Wildman–Crippen LogP) is 5.65. The normalized spacial score (nSPS) is 17.6. The van der Waals surface area contributed by atoms with E-state index in [0.29, 0.717) is 25.0 Å². The third kappa shape index (κ3) is 4.76. The molecule has 5 aromatic rings. The highest BCUT2D eigenvalue weighted by Crippen LogP contribution is 2.37. The maximum atomic E-state index is 6.49. The van der Waals surface area contributed by atoms with E-state index in [4.69, 9.17) is 28.9 Å². The van der Waals surface area contributed by atoms with E-state index < -0.39 is 0 Å². The maximum absolute atomic E-state index is 6.49. The van der Waals surface area contributed by atoms with E-state index in [-0.39, 0.29) is 17.8 Å². The molecule has 0 spiro atoms. The van der Waals surface area contributed by atoms with Crippen LogP contribution in [0, 0.1) is 0 Å². The first-order chi connectivity index (χ1) is 22.7. The van der Waals surface area contributed by atoms with E-state index in [1.54, 1.807) is 12.4 Å². The van der Waals surface area contributed by atoms with Gasteiger partial charge >= 0.3 is 0 Å². The van der Waals surface area contributed by atoms with Gasteiger partial charge in [-0.05, 0) is 86.1 Å². The summed E-state index contributed by atoms with van der Waals surface area (Å²) in [5.74, 6) is 4.49. The smallest absolute Gasteiger partial charge is 0.260 e. The topological polar surface area (TPSA) is 87.4 Å². The summed E-state index contributed by atoms with van der Waals surface area (Å²) in [6.45, 7) is 9.27. The number of pyridine rings is 2. The summed E-state index contributed by atoms with van der Waals surface area (Å²) in [6, 6.07) is 22.9. The molecule has 3 aromatic carbocycles. The molecule has 47 heavy (non-hydrogen) atoms. The number of rotatable bonds is 4. The lowest BCUT2D eigenvalue weighted by Crippen LogP contribution is -2.57. The van der Waals surface area contributed by atoms with Crippen LogP contribution in [0.4, 0.5) is 0 Å². The number of hydrogen-bond donors (Lipinski definition) is 0. The van der Waals surface area contributed by atoms with Gasteiger partial charge in [-0.25, -0.2) is 9.98 Å². The number of aliphatic imine (C=N–C) groups is 2. The minimum Gasteiger partial charge on any atom is -0.475 e. The second-order valence-electron chi connectivity index (χ2n) is 13.8. The minimum absolute atomic E-state index is 0.104. The third-order valence-electron chi connectivity index (χ3n) is 8.97. The molecule has 0 saturated carbocycles. The summed E-state index contributed by atoms with van der Waals surface area (Å²) in [6.07, 6.45) is 7.37. The minimum atomic E-state index is -0.248. The lowest BCUT2D eigenvalue weighted by Gasteiger charge is -2.33. The SMILES string of the molecule is CC1(C)COC(c2cncc(-c3ccc4c(c3)B3c5cc(-c6cncc(C7=NC(C)(C)CO7)c6)ccc5Oc5cccc(c53)O4)c2)=N1. The molecule has 6 heterocycles. The van der Waals surface area contributed by atoms with Crippen molar-refractivity contribution in [2.24, 2.45) is 9.98 Å². The van der Waals surface area contributed by atoms with Crippen molar-refractivity contribution in [3.63, 3.8) is 0 Å². The van der Waals surface area contributed by atoms with Crippen molar-refractivity contribution in [1.82, 2.24) is 9.97 Å². The number of nitrogens with zero attached hydrogens (tertiary/aromatic N) is 4. The molecule has 9 heteroatoms. The highest BCUT2D eigenvalue weighted by molar-refractivity contribution is 6.98. The van der Waals surface area contributed by atoms with Gasteiger partial charge in [-0.1, -0.05) is 30.3 Å². The van der Waals surface area contributed by atoms with Crippen LogP contribution in [0.3, 0.4) is 0 Å². The molecule has 0 amide bonds. The monoisotopic (exact) mass is 618 g/mol. The van der Waals surface area contributed by atoms with Gasteiger partial charge < -0.3 is 18.9 Å². The van der Waals surface area contributed by atoms with Crippen LogP contribution in [0.15, 0.2) is 102 Å². The zero-order valence-corrected chi connectivity index (χ0v) is 26.6. The zero-order valence-electron chi connectivity index (χ0n) is 26.6. The van der Waals surface area contributed by atoms with Gasteiger partial charge in [0.2, 0.25) is 11.8 Å². The molecule has 0 radical (unpaired) electrons. The summed E-state index contributed by atoms with van der Waals surface area (Å²) in [7, 11) is 0. The number of fused-ring (bicyclic) bond motifs is 4. The molecule has 0 aliphatic carbocycles. The van der Waals surface area contributed by atoms with Crippen LogP contribution >= 0.6 is 0 Å². The Morgan fingerprint density at radius 3 is 1.45 bits per heavy atom. The Labute approximate surface area is 273 Å². The van der Waals surface area contributed by atoms with E-state index >= 15 is 0 Å². The second kappa shape index (κ2) is 10.0. The summed E-state index contributed by atoms with van der Waals surface area (Å²) in [5.41, 5.74) is 8.39. The summed E-state index contributed by atoms with van der Waals surface area (Å²) >= 11 is 0. The highest BCUT2D eigenvalue weighted by atomic mass is 16.5. The van der Waals surface area contributed by atoms with Crippen molar-refractivity contribution < 1.29 is 18.9 Å². The molecule has 8 nitrogen and oxygen atoms in total. The summed E-state index contributed by atoms with van der Waals surface area (Å²) in [4.78, 5) is 18.6. The third-order valence-corrected chi connectivity index (χ3v) is 8.97. The molecule has 0 unspecified atom stereocenters. The van der Waals surface area contributed by atoms with Crippen LogP contribution in [-0.2, 0) is 9.47 Å². The molecule has 230 valence electrons. The Kier molecular flexibility index (Phi) is 5.94. The Bertz CT molecular complexity index is 2040. The van der Waals surface area contributed by atoms with Crippen molar-refractivity contribution >= 4 is 34.9 Å². The van der Waals surface area contributed by atoms with Crippen molar-refractivity contribution in [2.45, 2.75) is 38.8 Å². The van der Waals surface area contributed by atoms with Crippen molar-refractivity contribution in [3.8, 4) is 45.3 Å². The fraction of sp³-hybridized carbons (Fsp3) is 0.211. The van der Waals surface area contributed by atoms with Gasteiger partial charge in [0.25, 0.3) is 6.71 Å². The molecule has 4 aliphatic heterocycles. The van der Waals surface area contributed by atoms with E-state index in [9.17, 15) is 0 Å². The molecule has 0 saturated heterocycles. The fourth-order valence-corrected chi connectivity index (χ4v) is 6.69. The van der Waals surface area contributed by atoms with Gasteiger partial charge in [-0.3, -0.25) is 9.97 Å². The first kappa shape index (κ1) is 27.8. The van der Waals surface area contributed by atoms with Gasteiger partial charge in [-0.15, -0.1) is 0 Å². The molecule has 4 aliphatic rings.